The number of nitrogens with zero attached hydrogens (tertiary/aromatic N) is 1. The SMILES string of the molecule is C[C@@H]1CCC[C@@H](C)N1c1ccccc1N. The molecule has 2 heteroatoms. The van der Waals surface area contributed by atoms with E-state index in [1.165, 1.54) is 24.9 Å². The third-order valence-electron chi connectivity index (χ3n) is 3.41. The lowest BCUT2D eigenvalue weighted by atomic mass is 9.96. The molecule has 0 unspecified atom stereocenters. The fourth-order valence-corrected chi connectivity index (χ4v) is 2.62. The smallest absolute Gasteiger partial charge is 0.0604 e. The van der Waals surface area contributed by atoms with Crippen LogP contribution in [0.2, 0.25) is 0 Å². The molecule has 1 aliphatic heterocycles. The van der Waals surface area contributed by atoms with Gasteiger partial charge in [0.1, 0.15) is 0 Å². The Balaban J connectivity index is 2.31. The zero-order valence-electron chi connectivity index (χ0n) is 9.61. The van der Waals surface area contributed by atoms with Crippen LogP contribution in [0.3, 0.4) is 0 Å². The Hall–Kier alpha value is -1.18. The molecule has 0 spiro atoms. The van der Waals surface area contributed by atoms with E-state index in [4.69, 9.17) is 5.73 Å². The Bertz CT molecular complexity index is 325. The van der Waals surface area contributed by atoms with Crippen LogP contribution in [0.15, 0.2) is 24.3 Å². The fourth-order valence-electron chi connectivity index (χ4n) is 2.62. The molecule has 0 aromatic heterocycles. The van der Waals surface area contributed by atoms with E-state index in [2.05, 4.69) is 30.9 Å². The molecule has 1 aromatic rings. The van der Waals surface area contributed by atoms with Crippen molar-refractivity contribution in [3.8, 4) is 0 Å². The van der Waals surface area contributed by atoms with Crippen molar-refractivity contribution in [3.05, 3.63) is 24.3 Å². The molecule has 1 saturated heterocycles. The Morgan fingerprint density at radius 3 is 2.33 bits per heavy atom. The number of para-hydroxylation sites is 2. The van der Waals surface area contributed by atoms with Gasteiger partial charge in [-0.3, -0.25) is 0 Å². The number of hydrogen-bond donors (Lipinski definition) is 1. The van der Waals surface area contributed by atoms with Crippen molar-refractivity contribution in [2.45, 2.75) is 45.2 Å². The van der Waals surface area contributed by atoms with Crippen LogP contribution >= 0.6 is 0 Å². The molecule has 1 fully saturated rings. The zero-order chi connectivity index (χ0) is 10.8. The first-order valence-electron chi connectivity index (χ1n) is 5.83. The molecule has 15 heavy (non-hydrogen) atoms. The molecule has 2 rings (SSSR count). The maximum Gasteiger partial charge on any atom is 0.0604 e. The predicted octanol–water partition coefficient (Wildman–Crippen LogP) is 3.04. The van der Waals surface area contributed by atoms with Gasteiger partial charge in [-0.05, 0) is 45.2 Å². The van der Waals surface area contributed by atoms with E-state index in [1.807, 2.05) is 12.1 Å². The van der Waals surface area contributed by atoms with Crippen molar-refractivity contribution < 1.29 is 0 Å². The summed E-state index contributed by atoms with van der Waals surface area (Å²) in [4.78, 5) is 2.47. The van der Waals surface area contributed by atoms with E-state index in [0.717, 1.165) is 5.69 Å². The van der Waals surface area contributed by atoms with Crippen LogP contribution in [0.5, 0.6) is 0 Å². The van der Waals surface area contributed by atoms with Crippen LogP contribution in [0.4, 0.5) is 11.4 Å². The minimum atomic E-state index is 0.610. The molecule has 2 nitrogen and oxygen atoms in total. The molecule has 0 amide bonds. The molecule has 2 atom stereocenters. The van der Waals surface area contributed by atoms with Crippen LogP contribution in [0.25, 0.3) is 0 Å². The molecule has 0 aliphatic carbocycles. The molecule has 2 N–H and O–H groups in total. The summed E-state index contributed by atoms with van der Waals surface area (Å²) in [6.45, 7) is 4.59. The summed E-state index contributed by atoms with van der Waals surface area (Å²) in [5, 5.41) is 0. The van der Waals surface area contributed by atoms with Crippen molar-refractivity contribution in [1.29, 1.82) is 0 Å². The van der Waals surface area contributed by atoms with Crippen LogP contribution in [0, 0.1) is 0 Å². The molecule has 82 valence electrons. The van der Waals surface area contributed by atoms with Gasteiger partial charge in [0.05, 0.1) is 11.4 Å². The summed E-state index contributed by atoms with van der Waals surface area (Å²) in [5.74, 6) is 0. The second-order valence-corrected chi connectivity index (χ2v) is 4.60. The van der Waals surface area contributed by atoms with Gasteiger partial charge in [0.25, 0.3) is 0 Å². The summed E-state index contributed by atoms with van der Waals surface area (Å²) in [6.07, 6.45) is 3.89. The van der Waals surface area contributed by atoms with E-state index < -0.39 is 0 Å². The monoisotopic (exact) mass is 204 g/mol. The summed E-state index contributed by atoms with van der Waals surface area (Å²) < 4.78 is 0. The highest BCUT2D eigenvalue weighted by atomic mass is 15.2. The number of hydrogen-bond acceptors (Lipinski definition) is 2. The average molecular weight is 204 g/mol. The van der Waals surface area contributed by atoms with Gasteiger partial charge >= 0.3 is 0 Å². The first-order valence-corrected chi connectivity index (χ1v) is 5.83. The molecule has 0 radical (unpaired) electrons. The standard InChI is InChI=1S/C13H20N2/c1-10-6-5-7-11(2)15(10)13-9-4-3-8-12(13)14/h3-4,8-11H,5-7,14H2,1-2H3/t10-,11-/m1/s1. The Morgan fingerprint density at radius 1 is 1.13 bits per heavy atom. The number of benzene rings is 1. The van der Waals surface area contributed by atoms with Gasteiger partial charge in [0.15, 0.2) is 0 Å². The van der Waals surface area contributed by atoms with Crippen molar-refractivity contribution in [3.63, 3.8) is 0 Å². The van der Waals surface area contributed by atoms with E-state index in [9.17, 15) is 0 Å². The van der Waals surface area contributed by atoms with Crippen molar-refractivity contribution >= 4 is 11.4 Å². The average Bonchev–Trinajstić information content (AvgIpc) is 2.20. The second-order valence-electron chi connectivity index (χ2n) is 4.60. The second kappa shape index (κ2) is 4.13. The molecule has 0 saturated carbocycles. The van der Waals surface area contributed by atoms with Gasteiger partial charge in [-0.2, -0.15) is 0 Å². The third-order valence-corrected chi connectivity index (χ3v) is 3.41. The number of nitrogen functional groups attached to an aromatic ring is 1. The van der Waals surface area contributed by atoms with Crippen LogP contribution < -0.4 is 10.6 Å². The summed E-state index contributed by atoms with van der Waals surface area (Å²) in [6, 6.07) is 9.41. The minimum Gasteiger partial charge on any atom is -0.397 e. The number of rotatable bonds is 1. The lowest BCUT2D eigenvalue weighted by Gasteiger charge is -2.41. The highest BCUT2D eigenvalue weighted by Crippen LogP contribution is 2.32. The first-order chi connectivity index (χ1) is 7.20. The van der Waals surface area contributed by atoms with E-state index in [0.29, 0.717) is 12.1 Å². The van der Waals surface area contributed by atoms with Gasteiger partial charge in [0.2, 0.25) is 0 Å². The van der Waals surface area contributed by atoms with Gasteiger partial charge in [-0.15, -0.1) is 0 Å². The lowest BCUT2D eigenvalue weighted by molar-refractivity contribution is 0.415. The largest absolute Gasteiger partial charge is 0.397 e. The quantitative estimate of drug-likeness (QED) is 0.712. The normalized spacial score (nSPS) is 26.7. The number of nitrogens with two attached hydrogens (primary N) is 1. The zero-order valence-corrected chi connectivity index (χ0v) is 9.61. The topological polar surface area (TPSA) is 29.3 Å². The summed E-state index contributed by atoms with van der Waals surface area (Å²) in [7, 11) is 0. The molecular formula is C13H20N2. The molecule has 1 aliphatic rings. The van der Waals surface area contributed by atoms with Gasteiger partial charge in [-0.25, -0.2) is 0 Å². The third kappa shape index (κ3) is 1.94. The fraction of sp³-hybridized carbons (Fsp3) is 0.538. The maximum absolute atomic E-state index is 6.03. The molecule has 1 heterocycles. The lowest BCUT2D eigenvalue weighted by Crippen LogP contribution is -2.44. The van der Waals surface area contributed by atoms with Crippen molar-refractivity contribution in [1.82, 2.24) is 0 Å². The molecular weight excluding hydrogens is 184 g/mol. The van der Waals surface area contributed by atoms with Crippen molar-refractivity contribution in [2.24, 2.45) is 0 Å². The van der Waals surface area contributed by atoms with E-state index >= 15 is 0 Å². The molecule has 1 aromatic carbocycles. The van der Waals surface area contributed by atoms with Crippen LogP contribution in [-0.2, 0) is 0 Å². The van der Waals surface area contributed by atoms with E-state index in [1.54, 1.807) is 0 Å². The van der Waals surface area contributed by atoms with Crippen molar-refractivity contribution in [2.75, 3.05) is 10.6 Å². The number of anilines is 2. The van der Waals surface area contributed by atoms with Gasteiger partial charge in [0, 0.05) is 12.1 Å². The Morgan fingerprint density at radius 2 is 1.73 bits per heavy atom. The first kappa shape index (κ1) is 10.3. The summed E-state index contributed by atoms with van der Waals surface area (Å²) >= 11 is 0. The predicted molar refractivity (Wildman–Crippen MR) is 66.1 cm³/mol. The van der Waals surface area contributed by atoms with Crippen LogP contribution in [-0.4, -0.2) is 12.1 Å². The summed E-state index contributed by atoms with van der Waals surface area (Å²) in [5.41, 5.74) is 8.14. The molecule has 0 bridgehead atoms. The minimum absolute atomic E-state index is 0.610. The highest BCUT2D eigenvalue weighted by Gasteiger charge is 2.25. The van der Waals surface area contributed by atoms with Gasteiger partial charge in [-0.1, -0.05) is 12.1 Å². The highest BCUT2D eigenvalue weighted by molar-refractivity contribution is 5.68. The Labute approximate surface area is 92.1 Å². The van der Waals surface area contributed by atoms with E-state index in [-0.39, 0.29) is 0 Å². The Kier molecular flexibility index (Phi) is 2.85. The number of piperidine rings is 1. The van der Waals surface area contributed by atoms with Gasteiger partial charge < -0.3 is 10.6 Å². The van der Waals surface area contributed by atoms with Crippen LogP contribution in [0.1, 0.15) is 33.1 Å². The maximum atomic E-state index is 6.03.